The van der Waals surface area contributed by atoms with Crippen LogP contribution < -0.4 is 10.2 Å². The fraction of sp³-hybridized carbons (Fsp3) is 0.562. The predicted molar refractivity (Wildman–Crippen MR) is 94.1 cm³/mol. The van der Waals surface area contributed by atoms with Gasteiger partial charge in [-0.2, -0.15) is 0 Å². The molecule has 6 nitrogen and oxygen atoms in total. The van der Waals surface area contributed by atoms with Crippen LogP contribution in [0.25, 0.3) is 10.2 Å². The lowest BCUT2D eigenvalue weighted by Gasteiger charge is -2.35. The summed E-state index contributed by atoms with van der Waals surface area (Å²) >= 11 is 1.75. The van der Waals surface area contributed by atoms with Crippen molar-refractivity contribution < 1.29 is 4.79 Å². The predicted octanol–water partition coefficient (Wildman–Crippen LogP) is 1.51. The maximum atomic E-state index is 11.7. The van der Waals surface area contributed by atoms with E-state index >= 15 is 0 Å². The van der Waals surface area contributed by atoms with Crippen molar-refractivity contribution in [3.8, 4) is 0 Å². The molecule has 0 spiro atoms. The summed E-state index contributed by atoms with van der Waals surface area (Å²) in [6.07, 6.45) is 2.69. The molecule has 1 amide bonds. The number of nitrogens with one attached hydrogen (secondary N) is 1. The summed E-state index contributed by atoms with van der Waals surface area (Å²) in [6.45, 7) is 8.83. The van der Waals surface area contributed by atoms with E-state index in [1.807, 2.05) is 6.92 Å². The molecule has 0 aromatic carbocycles. The molecule has 0 bridgehead atoms. The number of rotatable bonds is 5. The Labute approximate surface area is 140 Å². The lowest BCUT2D eigenvalue weighted by atomic mass is 10.2. The zero-order chi connectivity index (χ0) is 16.2. The summed E-state index contributed by atoms with van der Waals surface area (Å²) in [5.41, 5.74) is 0. The number of thiophene rings is 1. The molecular weight excluding hydrogens is 310 g/mol. The van der Waals surface area contributed by atoms with Gasteiger partial charge < -0.3 is 10.2 Å². The molecule has 7 heteroatoms. The number of carbonyl (C=O) groups is 1. The van der Waals surface area contributed by atoms with Crippen LogP contribution in [0.5, 0.6) is 0 Å². The van der Waals surface area contributed by atoms with E-state index in [-0.39, 0.29) is 5.91 Å². The summed E-state index contributed by atoms with van der Waals surface area (Å²) in [7, 11) is 0. The van der Waals surface area contributed by atoms with Crippen LogP contribution in [0.4, 0.5) is 5.82 Å². The Hall–Kier alpha value is -1.73. The standard InChI is InChI=1S/C16H23N5OS/c1-3-12-9-13-15(18-11-19-16(13)23-12)21-7-5-20(6-8-21)10-14(22)17-4-2/h9,11H,3-8,10H2,1-2H3,(H,17,22). The van der Waals surface area contributed by atoms with Crippen LogP contribution in [0.15, 0.2) is 12.4 Å². The minimum Gasteiger partial charge on any atom is -0.355 e. The molecule has 1 aliphatic heterocycles. The molecule has 1 fully saturated rings. The number of hydrogen-bond acceptors (Lipinski definition) is 6. The van der Waals surface area contributed by atoms with Gasteiger partial charge in [0, 0.05) is 37.6 Å². The second kappa shape index (κ2) is 7.23. The molecule has 2 aromatic heterocycles. The third-order valence-corrected chi connectivity index (χ3v) is 5.31. The quantitative estimate of drug-likeness (QED) is 0.899. The van der Waals surface area contributed by atoms with E-state index in [0.29, 0.717) is 13.1 Å². The topological polar surface area (TPSA) is 61.4 Å². The second-order valence-corrected chi connectivity index (χ2v) is 6.81. The van der Waals surface area contributed by atoms with E-state index < -0.39 is 0 Å². The van der Waals surface area contributed by atoms with Crippen molar-refractivity contribution in [3.63, 3.8) is 0 Å². The summed E-state index contributed by atoms with van der Waals surface area (Å²) in [4.78, 5) is 27.5. The van der Waals surface area contributed by atoms with E-state index in [0.717, 1.165) is 48.6 Å². The molecule has 0 radical (unpaired) electrons. The normalized spacial score (nSPS) is 16.0. The van der Waals surface area contributed by atoms with E-state index in [1.165, 1.54) is 4.88 Å². The Bertz CT molecular complexity index is 678. The molecule has 3 rings (SSSR count). The fourth-order valence-electron chi connectivity index (χ4n) is 2.89. The van der Waals surface area contributed by atoms with Gasteiger partial charge in [-0.1, -0.05) is 6.92 Å². The SMILES string of the molecule is CCNC(=O)CN1CCN(c2ncnc3sc(CC)cc23)CC1. The van der Waals surface area contributed by atoms with Gasteiger partial charge in [0.05, 0.1) is 11.9 Å². The molecule has 1 aliphatic rings. The average Bonchev–Trinajstić information content (AvgIpc) is 2.99. The highest BCUT2D eigenvalue weighted by molar-refractivity contribution is 7.18. The molecule has 124 valence electrons. The van der Waals surface area contributed by atoms with Crippen molar-refractivity contribution in [3.05, 3.63) is 17.3 Å². The van der Waals surface area contributed by atoms with Crippen LogP contribution >= 0.6 is 11.3 Å². The molecule has 1 saturated heterocycles. The Morgan fingerprint density at radius 2 is 2.04 bits per heavy atom. The molecule has 0 aliphatic carbocycles. The van der Waals surface area contributed by atoms with Gasteiger partial charge in [0.25, 0.3) is 0 Å². The maximum absolute atomic E-state index is 11.7. The Morgan fingerprint density at radius 3 is 2.74 bits per heavy atom. The van der Waals surface area contributed by atoms with Crippen LogP contribution in [0, 0.1) is 0 Å². The van der Waals surface area contributed by atoms with Crippen molar-refractivity contribution >= 4 is 33.3 Å². The number of likely N-dealkylation sites (N-methyl/N-ethyl adjacent to an activating group) is 1. The number of amides is 1. The number of fused-ring (bicyclic) bond motifs is 1. The summed E-state index contributed by atoms with van der Waals surface area (Å²) in [5.74, 6) is 1.14. The van der Waals surface area contributed by atoms with Gasteiger partial charge in [0.2, 0.25) is 5.91 Å². The van der Waals surface area contributed by atoms with Gasteiger partial charge in [-0.05, 0) is 19.4 Å². The minimum atomic E-state index is 0.107. The first-order valence-corrected chi connectivity index (χ1v) is 9.00. The van der Waals surface area contributed by atoms with Gasteiger partial charge in [-0.15, -0.1) is 11.3 Å². The lowest BCUT2D eigenvalue weighted by molar-refractivity contribution is -0.122. The number of carbonyl (C=O) groups excluding carboxylic acids is 1. The van der Waals surface area contributed by atoms with Crippen LogP contribution in [0.1, 0.15) is 18.7 Å². The Morgan fingerprint density at radius 1 is 1.26 bits per heavy atom. The van der Waals surface area contributed by atoms with Gasteiger partial charge >= 0.3 is 0 Å². The van der Waals surface area contributed by atoms with Gasteiger partial charge in [-0.25, -0.2) is 9.97 Å². The molecule has 1 N–H and O–H groups in total. The van der Waals surface area contributed by atoms with Gasteiger partial charge in [-0.3, -0.25) is 9.69 Å². The third kappa shape index (κ3) is 3.61. The molecule has 23 heavy (non-hydrogen) atoms. The number of hydrogen-bond donors (Lipinski definition) is 1. The summed E-state index contributed by atoms with van der Waals surface area (Å²) in [5, 5.41) is 4.01. The summed E-state index contributed by atoms with van der Waals surface area (Å²) in [6, 6.07) is 2.22. The first-order valence-electron chi connectivity index (χ1n) is 8.18. The van der Waals surface area contributed by atoms with Crippen LogP contribution in [-0.2, 0) is 11.2 Å². The fourth-order valence-corrected chi connectivity index (χ4v) is 3.82. The number of nitrogens with zero attached hydrogens (tertiary/aromatic N) is 4. The Kier molecular flexibility index (Phi) is 5.07. The zero-order valence-corrected chi connectivity index (χ0v) is 14.5. The van der Waals surface area contributed by atoms with Crippen molar-refractivity contribution in [1.29, 1.82) is 0 Å². The van der Waals surface area contributed by atoms with E-state index in [9.17, 15) is 4.79 Å². The van der Waals surface area contributed by atoms with Crippen molar-refractivity contribution in [1.82, 2.24) is 20.2 Å². The van der Waals surface area contributed by atoms with Crippen molar-refractivity contribution in [2.75, 3.05) is 44.2 Å². The number of anilines is 1. The van der Waals surface area contributed by atoms with Gasteiger partial charge in [0.1, 0.15) is 17.0 Å². The number of aromatic nitrogens is 2. The molecular formula is C16H23N5OS. The van der Waals surface area contributed by atoms with Crippen molar-refractivity contribution in [2.45, 2.75) is 20.3 Å². The maximum Gasteiger partial charge on any atom is 0.234 e. The largest absolute Gasteiger partial charge is 0.355 e. The van der Waals surface area contributed by atoms with E-state index in [2.05, 4.69) is 38.1 Å². The van der Waals surface area contributed by atoms with Crippen LogP contribution in [0.2, 0.25) is 0 Å². The van der Waals surface area contributed by atoms with Crippen LogP contribution in [0.3, 0.4) is 0 Å². The number of aryl methyl sites for hydroxylation is 1. The molecule has 0 atom stereocenters. The molecule has 2 aromatic rings. The highest BCUT2D eigenvalue weighted by Crippen LogP contribution is 2.30. The second-order valence-electron chi connectivity index (χ2n) is 5.70. The monoisotopic (exact) mass is 333 g/mol. The highest BCUT2D eigenvalue weighted by atomic mass is 32.1. The van der Waals surface area contributed by atoms with Gasteiger partial charge in [0.15, 0.2) is 0 Å². The minimum absolute atomic E-state index is 0.107. The summed E-state index contributed by atoms with van der Waals surface area (Å²) < 4.78 is 0. The highest BCUT2D eigenvalue weighted by Gasteiger charge is 2.21. The van der Waals surface area contributed by atoms with E-state index in [1.54, 1.807) is 17.7 Å². The first kappa shape index (κ1) is 16.1. The lowest BCUT2D eigenvalue weighted by Crippen LogP contribution is -2.49. The molecule has 3 heterocycles. The average molecular weight is 333 g/mol. The van der Waals surface area contributed by atoms with E-state index in [4.69, 9.17) is 0 Å². The molecule has 0 saturated carbocycles. The zero-order valence-electron chi connectivity index (χ0n) is 13.7. The van der Waals surface area contributed by atoms with Crippen molar-refractivity contribution in [2.24, 2.45) is 0 Å². The van der Waals surface area contributed by atoms with Crippen LogP contribution in [-0.4, -0.2) is 60.0 Å². The molecule has 0 unspecified atom stereocenters. The Balaban J connectivity index is 1.68. The third-order valence-electron chi connectivity index (χ3n) is 4.12. The smallest absolute Gasteiger partial charge is 0.234 e. The first-order chi connectivity index (χ1) is 11.2. The number of piperazine rings is 1.